The fourth-order valence-electron chi connectivity index (χ4n) is 3.82. The summed E-state index contributed by atoms with van der Waals surface area (Å²) in [5.74, 6) is 0.672. The molecular formula is C21H38IN7O2. The van der Waals surface area contributed by atoms with Crippen LogP contribution in [0.1, 0.15) is 43.8 Å². The maximum Gasteiger partial charge on any atom is 0.241 e. The minimum Gasteiger partial charge on any atom is -0.379 e. The average Bonchev–Trinajstić information content (AvgIpc) is 3.44. The highest BCUT2D eigenvalue weighted by molar-refractivity contribution is 14.0. The van der Waals surface area contributed by atoms with Crippen molar-refractivity contribution in [2.75, 3.05) is 60.0 Å². The standard InChI is InChI=1S/C21H37N7O2.HI/c1-26(2)20(29)17-24-21(22-9-5-10-27-12-14-30-15-13-27)23-16-18-8-11-28(25-18)19-6-3-4-7-19;/h8,11,19H,3-7,9-10,12-17H2,1-2H3,(H2,22,23,24);1H. The van der Waals surface area contributed by atoms with Crippen molar-refractivity contribution in [2.45, 2.75) is 44.7 Å². The zero-order chi connectivity index (χ0) is 21.2. The molecule has 3 rings (SSSR count). The summed E-state index contributed by atoms with van der Waals surface area (Å²) < 4.78 is 7.49. The molecule has 2 aliphatic rings. The third kappa shape index (κ3) is 8.93. The normalized spacial score (nSPS) is 17.9. The highest BCUT2D eigenvalue weighted by Crippen LogP contribution is 2.28. The van der Waals surface area contributed by atoms with Gasteiger partial charge in [-0.3, -0.25) is 14.4 Å². The molecule has 1 aliphatic carbocycles. The summed E-state index contributed by atoms with van der Waals surface area (Å²) in [5, 5.41) is 11.2. The van der Waals surface area contributed by atoms with E-state index in [2.05, 4.69) is 31.4 Å². The lowest BCUT2D eigenvalue weighted by Crippen LogP contribution is -2.44. The molecule has 1 amide bonds. The van der Waals surface area contributed by atoms with Crippen LogP contribution in [0.5, 0.6) is 0 Å². The molecule has 2 N–H and O–H groups in total. The van der Waals surface area contributed by atoms with Crippen LogP contribution in [0.3, 0.4) is 0 Å². The number of carbonyl (C=O) groups excluding carboxylic acids is 1. The second-order valence-electron chi connectivity index (χ2n) is 8.27. The van der Waals surface area contributed by atoms with Crippen LogP contribution in [-0.4, -0.2) is 91.5 Å². The van der Waals surface area contributed by atoms with Crippen molar-refractivity contribution in [3.63, 3.8) is 0 Å². The van der Waals surface area contributed by atoms with E-state index < -0.39 is 0 Å². The van der Waals surface area contributed by atoms with Crippen molar-refractivity contribution in [3.05, 3.63) is 18.0 Å². The molecule has 0 aromatic carbocycles. The second kappa shape index (κ2) is 13.9. The third-order valence-electron chi connectivity index (χ3n) is 5.71. The van der Waals surface area contributed by atoms with Crippen molar-refractivity contribution in [2.24, 2.45) is 4.99 Å². The van der Waals surface area contributed by atoms with E-state index in [0.29, 0.717) is 18.5 Å². The van der Waals surface area contributed by atoms with Gasteiger partial charge in [-0.15, -0.1) is 24.0 Å². The summed E-state index contributed by atoms with van der Waals surface area (Å²) in [4.78, 5) is 20.6. The number of amides is 1. The first-order chi connectivity index (χ1) is 14.6. The number of aliphatic imine (C=N–C) groups is 1. The molecule has 1 aromatic rings. The van der Waals surface area contributed by atoms with E-state index in [4.69, 9.17) is 9.84 Å². The van der Waals surface area contributed by atoms with Crippen LogP contribution in [-0.2, 0) is 16.1 Å². The summed E-state index contributed by atoms with van der Waals surface area (Å²) in [6.07, 6.45) is 8.10. The van der Waals surface area contributed by atoms with E-state index in [1.165, 1.54) is 25.7 Å². The zero-order valence-corrected chi connectivity index (χ0v) is 21.2. The maximum absolute atomic E-state index is 12.0. The molecule has 9 nitrogen and oxygen atoms in total. The molecule has 1 aliphatic heterocycles. The van der Waals surface area contributed by atoms with Crippen molar-refractivity contribution in [1.82, 2.24) is 30.2 Å². The summed E-state index contributed by atoms with van der Waals surface area (Å²) in [6.45, 7) is 6.19. The fourth-order valence-corrected chi connectivity index (χ4v) is 3.82. The van der Waals surface area contributed by atoms with Gasteiger partial charge in [-0.25, -0.2) is 4.99 Å². The number of hydrogen-bond donors (Lipinski definition) is 2. The van der Waals surface area contributed by atoms with Crippen molar-refractivity contribution < 1.29 is 9.53 Å². The van der Waals surface area contributed by atoms with Crippen LogP contribution >= 0.6 is 24.0 Å². The van der Waals surface area contributed by atoms with Crippen LogP contribution in [0.2, 0.25) is 0 Å². The van der Waals surface area contributed by atoms with Crippen LogP contribution in [0.15, 0.2) is 17.3 Å². The number of morpholine rings is 1. The number of nitrogens with one attached hydrogen (secondary N) is 2. The fraction of sp³-hybridized carbons (Fsp3) is 0.762. The van der Waals surface area contributed by atoms with Crippen LogP contribution in [0.25, 0.3) is 0 Å². The van der Waals surface area contributed by atoms with Gasteiger partial charge in [-0.2, -0.15) is 5.10 Å². The topological polar surface area (TPSA) is 87.0 Å². The lowest BCUT2D eigenvalue weighted by Gasteiger charge is -2.26. The minimum absolute atomic E-state index is 0. The van der Waals surface area contributed by atoms with Crippen LogP contribution in [0.4, 0.5) is 0 Å². The molecule has 1 aromatic heterocycles. The third-order valence-corrected chi connectivity index (χ3v) is 5.71. The van der Waals surface area contributed by atoms with Gasteiger partial charge in [-0.05, 0) is 31.9 Å². The Bertz CT molecular complexity index is 683. The molecule has 1 saturated heterocycles. The first-order valence-corrected chi connectivity index (χ1v) is 11.2. The Morgan fingerprint density at radius 2 is 2.00 bits per heavy atom. The molecule has 0 radical (unpaired) electrons. The minimum atomic E-state index is 0. The maximum atomic E-state index is 12.0. The Balaban J connectivity index is 0.00000341. The van der Waals surface area contributed by atoms with Crippen LogP contribution in [0, 0.1) is 0 Å². The molecule has 2 fully saturated rings. The number of carbonyl (C=O) groups is 1. The molecule has 0 spiro atoms. The van der Waals surface area contributed by atoms with Gasteiger partial charge < -0.3 is 20.3 Å². The number of likely N-dealkylation sites (N-methyl/N-ethyl adjacent to an activating group) is 1. The van der Waals surface area contributed by atoms with Gasteiger partial charge in [-0.1, -0.05) is 12.8 Å². The van der Waals surface area contributed by atoms with E-state index in [0.717, 1.165) is 51.5 Å². The predicted molar refractivity (Wildman–Crippen MR) is 133 cm³/mol. The Morgan fingerprint density at radius 1 is 1.26 bits per heavy atom. The molecular weight excluding hydrogens is 509 g/mol. The largest absolute Gasteiger partial charge is 0.379 e. The van der Waals surface area contributed by atoms with E-state index in [1.807, 2.05) is 6.07 Å². The van der Waals surface area contributed by atoms with Crippen molar-refractivity contribution in [1.29, 1.82) is 0 Å². The van der Waals surface area contributed by atoms with E-state index in [9.17, 15) is 4.79 Å². The van der Waals surface area contributed by atoms with Gasteiger partial charge in [0.2, 0.25) is 5.91 Å². The van der Waals surface area contributed by atoms with E-state index >= 15 is 0 Å². The van der Waals surface area contributed by atoms with Gasteiger partial charge in [0.15, 0.2) is 5.96 Å². The van der Waals surface area contributed by atoms with Crippen molar-refractivity contribution in [3.8, 4) is 0 Å². The quantitative estimate of drug-likeness (QED) is 0.211. The number of aromatic nitrogens is 2. The number of rotatable bonds is 9. The molecule has 0 bridgehead atoms. The summed E-state index contributed by atoms with van der Waals surface area (Å²) in [7, 11) is 3.51. The SMILES string of the molecule is CN(C)C(=O)CNC(=NCc1ccn(C2CCCC2)n1)NCCCN1CCOCC1.I. The van der Waals surface area contributed by atoms with Gasteiger partial charge in [0.25, 0.3) is 0 Å². The predicted octanol–water partition coefficient (Wildman–Crippen LogP) is 1.46. The highest BCUT2D eigenvalue weighted by atomic mass is 127. The summed E-state index contributed by atoms with van der Waals surface area (Å²) >= 11 is 0. The van der Waals surface area contributed by atoms with Gasteiger partial charge in [0.05, 0.1) is 38.0 Å². The number of halogens is 1. The smallest absolute Gasteiger partial charge is 0.241 e. The first-order valence-electron chi connectivity index (χ1n) is 11.2. The molecule has 31 heavy (non-hydrogen) atoms. The molecule has 0 unspecified atom stereocenters. The first kappa shape index (κ1) is 25.9. The molecule has 1 saturated carbocycles. The summed E-state index contributed by atoms with van der Waals surface area (Å²) in [5.41, 5.74) is 0.954. The number of nitrogens with zero attached hydrogens (tertiary/aromatic N) is 5. The lowest BCUT2D eigenvalue weighted by molar-refractivity contribution is -0.127. The molecule has 2 heterocycles. The Labute approximate surface area is 203 Å². The summed E-state index contributed by atoms with van der Waals surface area (Å²) in [6, 6.07) is 2.58. The van der Waals surface area contributed by atoms with E-state index in [-0.39, 0.29) is 36.4 Å². The highest BCUT2D eigenvalue weighted by Gasteiger charge is 2.17. The second-order valence-corrected chi connectivity index (χ2v) is 8.27. The zero-order valence-electron chi connectivity index (χ0n) is 18.9. The van der Waals surface area contributed by atoms with Gasteiger partial charge >= 0.3 is 0 Å². The Morgan fingerprint density at radius 3 is 2.71 bits per heavy atom. The van der Waals surface area contributed by atoms with E-state index in [1.54, 1.807) is 19.0 Å². The molecule has 10 heteroatoms. The van der Waals surface area contributed by atoms with Crippen molar-refractivity contribution >= 4 is 35.8 Å². The van der Waals surface area contributed by atoms with Gasteiger partial charge in [0.1, 0.15) is 0 Å². The average molecular weight is 547 g/mol. The molecule has 176 valence electrons. The lowest BCUT2D eigenvalue weighted by atomic mass is 10.3. The van der Waals surface area contributed by atoms with Crippen LogP contribution < -0.4 is 10.6 Å². The number of ether oxygens (including phenoxy) is 1. The van der Waals surface area contributed by atoms with Gasteiger partial charge in [0, 0.05) is 39.9 Å². The Kier molecular flexibility index (Phi) is 11.6. The number of guanidine groups is 1. The number of hydrogen-bond acceptors (Lipinski definition) is 5. The molecule has 0 atom stereocenters. The Hall–Kier alpha value is -1.40. The monoisotopic (exact) mass is 547 g/mol.